The fraction of sp³-hybridized carbons (Fsp3) is 0.250. The van der Waals surface area contributed by atoms with Gasteiger partial charge in [0.2, 0.25) is 5.88 Å². The zero-order valence-electron chi connectivity index (χ0n) is 25.7. The topological polar surface area (TPSA) is 21.7 Å². The van der Waals surface area contributed by atoms with Crippen LogP contribution in [0.3, 0.4) is 0 Å². The van der Waals surface area contributed by atoms with Crippen LogP contribution in [0.5, 0.6) is 11.5 Å². The maximum Gasteiger partial charge on any atom is 0.200 e. The van der Waals surface area contributed by atoms with E-state index in [2.05, 4.69) is 130 Å². The summed E-state index contributed by atoms with van der Waals surface area (Å²) in [4.78, 5) is 2.27. The molecular weight excluding hydrogens is 526 g/mol. The Morgan fingerprint density at radius 3 is 2.33 bits per heavy atom. The Labute approximate surface area is 256 Å². The molecule has 0 amide bonds. The summed E-state index contributed by atoms with van der Waals surface area (Å²) in [5.41, 5.74) is 3.75. The lowest BCUT2D eigenvalue weighted by molar-refractivity contribution is 0.442. The van der Waals surface area contributed by atoms with Gasteiger partial charge in [0.25, 0.3) is 0 Å². The number of nitrogens with zero attached hydrogens (tertiary/aromatic N) is 1. The Morgan fingerprint density at radius 2 is 1.51 bits per heavy atom. The van der Waals surface area contributed by atoms with E-state index in [0.717, 1.165) is 60.0 Å². The van der Waals surface area contributed by atoms with Crippen LogP contribution in [-0.4, -0.2) is 6.54 Å². The van der Waals surface area contributed by atoms with Crippen LogP contribution in [0.2, 0.25) is 0 Å². The van der Waals surface area contributed by atoms with Crippen LogP contribution < -0.4 is 14.4 Å². The van der Waals surface area contributed by atoms with E-state index in [1.807, 2.05) is 18.2 Å². The van der Waals surface area contributed by atoms with Crippen molar-refractivity contribution >= 4 is 27.2 Å². The van der Waals surface area contributed by atoms with Crippen molar-refractivity contribution in [3.63, 3.8) is 0 Å². The number of aryl methyl sites for hydroxylation is 1. The number of fused-ring (bicyclic) bond motifs is 6. The van der Waals surface area contributed by atoms with Gasteiger partial charge >= 0.3 is 0 Å². The summed E-state index contributed by atoms with van der Waals surface area (Å²) in [6, 6.07) is 23.7. The van der Waals surface area contributed by atoms with Crippen LogP contribution >= 0.6 is 0 Å². The normalized spacial score (nSPS) is 19.3. The van der Waals surface area contributed by atoms with Crippen molar-refractivity contribution in [2.45, 2.75) is 52.9 Å². The molecule has 2 aliphatic rings. The average molecular weight is 568 g/mol. The number of anilines is 1. The van der Waals surface area contributed by atoms with Crippen molar-refractivity contribution in [3.8, 4) is 11.5 Å². The van der Waals surface area contributed by atoms with Crippen molar-refractivity contribution in [3.05, 3.63) is 138 Å². The summed E-state index contributed by atoms with van der Waals surface area (Å²) in [5.74, 6) is 4.55. The van der Waals surface area contributed by atoms with E-state index in [-0.39, 0.29) is 0 Å². The van der Waals surface area contributed by atoms with E-state index in [4.69, 9.17) is 9.47 Å². The number of ether oxygens (including phenoxy) is 2. The molecule has 0 saturated heterocycles. The van der Waals surface area contributed by atoms with E-state index >= 15 is 0 Å². The molecule has 2 unspecified atom stereocenters. The summed E-state index contributed by atoms with van der Waals surface area (Å²) in [6.45, 7) is 9.92. The van der Waals surface area contributed by atoms with E-state index in [0.29, 0.717) is 11.8 Å². The quantitative estimate of drug-likeness (QED) is 0.198. The van der Waals surface area contributed by atoms with Gasteiger partial charge in [-0.25, -0.2) is 0 Å². The van der Waals surface area contributed by atoms with Gasteiger partial charge in [-0.15, -0.1) is 0 Å². The third-order valence-electron chi connectivity index (χ3n) is 8.60. The molecule has 4 aromatic carbocycles. The second kappa shape index (κ2) is 12.8. The molecule has 0 spiro atoms. The maximum atomic E-state index is 6.65. The average Bonchev–Trinajstić information content (AvgIpc) is 3.32. The molecule has 2 aliphatic heterocycles. The summed E-state index contributed by atoms with van der Waals surface area (Å²) < 4.78 is 13.0. The highest BCUT2D eigenvalue weighted by atomic mass is 16.5. The van der Waals surface area contributed by atoms with E-state index in [1.54, 1.807) is 0 Å². The van der Waals surface area contributed by atoms with Gasteiger partial charge in [-0.05, 0) is 77.8 Å². The Kier molecular flexibility index (Phi) is 8.51. The molecule has 0 N–H and O–H groups in total. The van der Waals surface area contributed by atoms with Crippen molar-refractivity contribution in [1.29, 1.82) is 0 Å². The van der Waals surface area contributed by atoms with Crippen molar-refractivity contribution < 1.29 is 9.47 Å². The molecule has 43 heavy (non-hydrogen) atoms. The van der Waals surface area contributed by atoms with Crippen LogP contribution in [0, 0.1) is 12.8 Å². The SMILES string of the molecule is CCCC1C=C(/C=C/C=C/C=C/C=C2\Oc3c(ccc4ccccc34)N2CCC)Oc2c(cc(C)c3ccccc23)C1C. The van der Waals surface area contributed by atoms with E-state index < -0.39 is 0 Å². The van der Waals surface area contributed by atoms with Crippen molar-refractivity contribution in [1.82, 2.24) is 0 Å². The van der Waals surface area contributed by atoms with Gasteiger partial charge in [-0.2, -0.15) is 0 Å². The minimum Gasteiger partial charge on any atom is -0.457 e. The lowest BCUT2D eigenvalue weighted by atomic mass is 9.82. The largest absolute Gasteiger partial charge is 0.457 e. The first-order valence-corrected chi connectivity index (χ1v) is 15.7. The molecule has 6 rings (SSSR count). The fourth-order valence-corrected chi connectivity index (χ4v) is 6.39. The monoisotopic (exact) mass is 567 g/mol. The second-order valence-corrected chi connectivity index (χ2v) is 11.6. The molecule has 0 bridgehead atoms. The lowest BCUT2D eigenvalue weighted by Gasteiger charge is -2.21. The van der Waals surface area contributed by atoms with Crippen LogP contribution in [-0.2, 0) is 0 Å². The van der Waals surface area contributed by atoms with Gasteiger partial charge in [0.15, 0.2) is 5.75 Å². The second-order valence-electron chi connectivity index (χ2n) is 11.6. The first-order valence-electron chi connectivity index (χ1n) is 15.7. The van der Waals surface area contributed by atoms with Crippen LogP contribution in [0.4, 0.5) is 5.69 Å². The molecule has 0 fully saturated rings. The fourth-order valence-electron chi connectivity index (χ4n) is 6.39. The maximum absolute atomic E-state index is 6.65. The van der Waals surface area contributed by atoms with Gasteiger partial charge in [0.05, 0.1) is 5.69 Å². The summed E-state index contributed by atoms with van der Waals surface area (Å²) in [7, 11) is 0. The third-order valence-corrected chi connectivity index (χ3v) is 8.60. The molecule has 0 saturated carbocycles. The smallest absolute Gasteiger partial charge is 0.200 e. The third kappa shape index (κ3) is 5.77. The summed E-state index contributed by atoms with van der Waals surface area (Å²) >= 11 is 0. The Hall–Kier alpha value is -4.50. The van der Waals surface area contributed by atoms with Gasteiger partial charge in [0, 0.05) is 17.3 Å². The summed E-state index contributed by atoms with van der Waals surface area (Å²) in [5, 5.41) is 4.78. The van der Waals surface area contributed by atoms with Gasteiger partial charge in [-0.1, -0.05) is 118 Å². The van der Waals surface area contributed by atoms with Crippen LogP contribution in [0.25, 0.3) is 21.5 Å². The number of hydrogen-bond acceptors (Lipinski definition) is 3. The molecule has 0 radical (unpaired) electrons. The molecule has 2 heterocycles. The van der Waals surface area contributed by atoms with E-state index in [9.17, 15) is 0 Å². The van der Waals surface area contributed by atoms with Gasteiger partial charge < -0.3 is 14.4 Å². The van der Waals surface area contributed by atoms with Gasteiger partial charge in [-0.3, -0.25) is 0 Å². The predicted molar refractivity (Wildman–Crippen MR) is 182 cm³/mol. The minimum absolute atomic E-state index is 0.393. The molecule has 218 valence electrons. The number of benzene rings is 4. The zero-order valence-corrected chi connectivity index (χ0v) is 25.7. The molecule has 3 heteroatoms. The van der Waals surface area contributed by atoms with Crippen LogP contribution in [0.15, 0.2) is 127 Å². The van der Waals surface area contributed by atoms with Gasteiger partial charge in [0.1, 0.15) is 11.5 Å². The Bertz CT molecular complexity index is 1790. The standard InChI is InChI=1S/C40H41NO2/c1-5-16-31-27-32(42-39-35-21-15-14-19-33(35)28(3)26-36(39)29(31)4)18-10-8-7-9-11-22-38-41(25-6-2)37-24-23-30-17-12-13-20-34(30)40(37)43-38/h7-15,17-24,26-27,29,31H,5-6,16,25H2,1-4H3/b8-7+,11-9+,18-10+,38-22-. The summed E-state index contributed by atoms with van der Waals surface area (Å²) in [6.07, 6.45) is 20.0. The molecule has 0 aromatic heterocycles. The lowest BCUT2D eigenvalue weighted by Crippen LogP contribution is -2.20. The first-order chi connectivity index (χ1) is 21.1. The molecule has 4 aromatic rings. The predicted octanol–water partition coefficient (Wildman–Crippen LogP) is 10.9. The number of rotatable bonds is 8. The Morgan fingerprint density at radius 1 is 0.767 bits per heavy atom. The zero-order chi connectivity index (χ0) is 29.8. The molecule has 3 nitrogen and oxygen atoms in total. The molecular formula is C40H41NO2. The number of hydrogen-bond donors (Lipinski definition) is 0. The van der Waals surface area contributed by atoms with Crippen LogP contribution in [0.1, 0.15) is 57.1 Å². The Balaban J connectivity index is 1.20. The molecule has 0 aliphatic carbocycles. The van der Waals surface area contributed by atoms with Crippen molar-refractivity contribution in [2.24, 2.45) is 5.92 Å². The first kappa shape index (κ1) is 28.6. The minimum atomic E-state index is 0.393. The van der Waals surface area contributed by atoms with E-state index in [1.165, 1.54) is 27.3 Å². The number of allylic oxidation sites excluding steroid dienone is 8. The highest BCUT2D eigenvalue weighted by Crippen LogP contribution is 2.45. The molecule has 2 atom stereocenters. The highest BCUT2D eigenvalue weighted by molar-refractivity contribution is 5.95. The van der Waals surface area contributed by atoms with Crippen molar-refractivity contribution in [2.75, 3.05) is 11.4 Å². The highest BCUT2D eigenvalue weighted by Gasteiger charge is 2.28.